The molecule has 2 aromatic heterocycles. The van der Waals surface area contributed by atoms with Gasteiger partial charge >= 0.3 is 5.69 Å². The van der Waals surface area contributed by atoms with Crippen LogP contribution in [0, 0.1) is 0 Å². The van der Waals surface area contributed by atoms with Gasteiger partial charge in [0.1, 0.15) is 24.5 Å². The molecule has 1 aliphatic heterocycles. The van der Waals surface area contributed by atoms with Gasteiger partial charge in [-0.15, -0.1) is 0 Å². The van der Waals surface area contributed by atoms with Crippen LogP contribution in [0.2, 0.25) is 0 Å². The third-order valence-corrected chi connectivity index (χ3v) is 4.37. The van der Waals surface area contributed by atoms with Gasteiger partial charge in [0.15, 0.2) is 6.23 Å². The van der Waals surface area contributed by atoms with Crippen LogP contribution in [-0.2, 0) is 11.3 Å². The van der Waals surface area contributed by atoms with Gasteiger partial charge in [0.2, 0.25) is 0 Å². The van der Waals surface area contributed by atoms with Crippen LogP contribution in [0.4, 0.5) is 0 Å². The molecule has 4 atom stereocenters. The highest BCUT2D eigenvalue weighted by Crippen LogP contribution is 2.29. The summed E-state index contributed by atoms with van der Waals surface area (Å²) in [5.74, 6) is 0. The second kappa shape index (κ2) is 5.96. The zero-order valence-electron chi connectivity index (χ0n) is 13.0. The monoisotopic (exact) mass is 344 g/mol. The number of ether oxygens (including phenoxy) is 1. The van der Waals surface area contributed by atoms with Gasteiger partial charge in [0.05, 0.1) is 6.54 Å². The molecule has 0 saturated carbocycles. The Morgan fingerprint density at radius 3 is 2.76 bits per heavy atom. The molecule has 9 nitrogen and oxygen atoms in total. The number of nitrogens with one attached hydrogen (secondary N) is 1. The molecule has 4 unspecified atom stereocenters. The van der Waals surface area contributed by atoms with Crippen LogP contribution < -0.4 is 11.2 Å². The first-order chi connectivity index (χ1) is 12.0. The molecule has 3 heterocycles. The maximum Gasteiger partial charge on any atom is 0.347 e. The van der Waals surface area contributed by atoms with E-state index < -0.39 is 35.8 Å². The average molecular weight is 344 g/mol. The second-order valence-corrected chi connectivity index (χ2v) is 5.96. The Bertz CT molecular complexity index is 1020. The number of H-pyrrole nitrogens is 1. The van der Waals surface area contributed by atoms with Crippen molar-refractivity contribution in [3.63, 3.8) is 0 Å². The van der Waals surface area contributed by atoms with Crippen molar-refractivity contribution >= 4 is 10.9 Å². The summed E-state index contributed by atoms with van der Waals surface area (Å²) in [4.78, 5) is 25.0. The normalized spacial score (nSPS) is 26.3. The van der Waals surface area contributed by atoms with Gasteiger partial charge in [-0.3, -0.25) is 9.78 Å². The molecule has 9 heteroatoms. The number of hydrogen-bond donors (Lipinski definition) is 3. The molecule has 4 rings (SSSR count). The van der Waals surface area contributed by atoms with Gasteiger partial charge in [-0.2, -0.15) is 9.78 Å². The fourth-order valence-electron chi connectivity index (χ4n) is 3.12. The average Bonchev–Trinajstić information content (AvgIpc) is 3.12. The van der Waals surface area contributed by atoms with Gasteiger partial charge in [0.25, 0.3) is 5.56 Å². The van der Waals surface area contributed by atoms with E-state index >= 15 is 0 Å². The minimum absolute atomic E-state index is 0.292. The van der Waals surface area contributed by atoms with Crippen LogP contribution >= 0.6 is 0 Å². The highest BCUT2D eigenvalue weighted by Gasteiger charge is 2.44. The number of para-hydroxylation sites is 1. The molecule has 1 saturated heterocycles. The molecule has 0 bridgehead atoms. The number of aliphatic hydroxyl groups is 2. The van der Waals surface area contributed by atoms with E-state index in [4.69, 9.17) is 4.74 Å². The van der Waals surface area contributed by atoms with Crippen LogP contribution in [0.15, 0.2) is 52.3 Å². The SMILES string of the molecule is O=c1cnn(C2OC(Cn3ccc4ccccc43)C(O)C2O)c(=O)[nH]1. The lowest BCUT2D eigenvalue weighted by molar-refractivity contribution is -0.0517. The van der Waals surface area contributed by atoms with Crippen molar-refractivity contribution in [2.75, 3.05) is 0 Å². The Hall–Kier alpha value is -2.75. The minimum Gasteiger partial charge on any atom is -0.387 e. The minimum atomic E-state index is -1.34. The maximum absolute atomic E-state index is 11.8. The molecule has 1 fully saturated rings. The van der Waals surface area contributed by atoms with E-state index in [0.29, 0.717) is 6.54 Å². The number of fused-ring (bicyclic) bond motifs is 1. The Morgan fingerprint density at radius 2 is 1.96 bits per heavy atom. The molecule has 3 aromatic rings. The highest BCUT2D eigenvalue weighted by atomic mass is 16.6. The van der Waals surface area contributed by atoms with E-state index in [1.807, 2.05) is 46.1 Å². The number of aromatic nitrogens is 4. The van der Waals surface area contributed by atoms with Crippen molar-refractivity contribution in [2.45, 2.75) is 31.1 Å². The second-order valence-electron chi connectivity index (χ2n) is 5.96. The van der Waals surface area contributed by atoms with E-state index in [1.54, 1.807) is 0 Å². The number of rotatable bonds is 3. The molecule has 0 amide bonds. The lowest BCUT2D eigenvalue weighted by Crippen LogP contribution is -2.39. The van der Waals surface area contributed by atoms with Crippen molar-refractivity contribution in [1.82, 2.24) is 19.3 Å². The smallest absolute Gasteiger partial charge is 0.347 e. The zero-order valence-corrected chi connectivity index (χ0v) is 13.0. The number of aromatic amines is 1. The van der Waals surface area contributed by atoms with Crippen molar-refractivity contribution in [1.29, 1.82) is 0 Å². The van der Waals surface area contributed by atoms with E-state index in [9.17, 15) is 19.8 Å². The largest absolute Gasteiger partial charge is 0.387 e. The van der Waals surface area contributed by atoms with Gasteiger partial charge in [-0.25, -0.2) is 4.79 Å². The molecule has 1 aliphatic rings. The summed E-state index contributed by atoms with van der Waals surface area (Å²) in [7, 11) is 0. The number of benzene rings is 1. The Kier molecular flexibility index (Phi) is 3.75. The van der Waals surface area contributed by atoms with Crippen LogP contribution in [0.3, 0.4) is 0 Å². The van der Waals surface area contributed by atoms with Crippen molar-refractivity contribution in [3.8, 4) is 0 Å². The van der Waals surface area contributed by atoms with E-state index in [1.165, 1.54) is 0 Å². The standard InChI is InChI=1S/C16H16N4O5/c21-12-7-17-20(16(24)18-12)15-14(23)13(22)11(25-15)8-19-6-5-9-3-1-2-4-10(9)19/h1-7,11,13-15,22-23H,8H2,(H,18,21,24). The summed E-state index contributed by atoms with van der Waals surface area (Å²) in [5, 5.41) is 25.3. The molecule has 130 valence electrons. The summed E-state index contributed by atoms with van der Waals surface area (Å²) in [5.41, 5.74) is -0.490. The van der Waals surface area contributed by atoms with Crippen LogP contribution in [0.5, 0.6) is 0 Å². The molecular formula is C16H16N4O5. The van der Waals surface area contributed by atoms with Crippen molar-refractivity contribution in [2.24, 2.45) is 0 Å². The van der Waals surface area contributed by atoms with E-state index in [0.717, 1.165) is 21.8 Å². The highest BCUT2D eigenvalue weighted by molar-refractivity contribution is 5.79. The third kappa shape index (κ3) is 2.68. The van der Waals surface area contributed by atoms with Gasteiger partial charge < -0.3 is 19.5 Å². The molecule has 0 radical (unpaired) electrons. The lowest BCUT2D eigenvalue weighted by Gasteiger charge is -2.16. The van der Waals surface area contributed by atoms with Crippen LogP contribution in [0.25, 0.3) is 10.9 Å². The lowest BCUT2D eigenvalue weighted by atomic mass is 10.1. The molecule has 0 spiro atoms. The molecule has 0 aliphatic carbocycles. The maximum atomic E-state index is 11.8. The molecule has 25 heavy (non-hydrogen) atoms. The molecule has 3 N–H and O–H groups in total. The number of nitrogens with zero attached hydrogens (tertiary/aromatic N) is 3. The van der Waals surface area contributed by atoms with Gasteiger partial charge in [-0.1, -0.05) is 18.2 Å². The predicted octanol–water partition coefficient (Wildman–Crippen LogP) is -0.794. The summed E-state index contributed by atoms with van der Waals surface area (Å²) >= 11 is 0. The molecule has 1 aromatic carbocycles. The van der Waals surface area contributed by atoms with Gasteiger partial charge in [0, 0.05) is 11.7 Å². The summed E-state index contributed by atoms with van der Waals surface area (Å²) in [6.07, 6.45) is -1.68. The summed E-state index contributed by atoms with van der Waals surface area (Å²) in [6.45, 7) is 0.292. The zero-order chi connectivity index (χ0) is 17.6. The van der Waals surface area contributed by atoms with E-state index in [2.05, 4.69) is 5.10 Å². The summed E-state index contributed by atoms with van der Waals surface area (Å²) < 4.78 is 8.40. The van der Waals surface area contributed by atoms with Crippen LogP contribution in [0.1, 0.15) is 6.23 Å². The Balaban J connectivity index is 1.62. The first kappa shape index (κ1) is 15.8. The fraction of sp³-hybridized carbons (Fsp3) is 0.312. The third-order valence-electron chi connectivity index (χ3n) is 4.37. The summed E-state index contributed by atoms with van der Waals surface area (Å²) in [6, 6.07) is 9.70. The van der Waals surface area contributed by atoms with Crippen LogP contribution in [-0.4, -0.2) is 47.9 Å². The first-order valence-electron chi connectivity index (χ1n) is 7.78. The Morgan fingerprint density at radius 1 is 1.16 bits per heavy atom. The molecular weight excluding hydrogens is 328 g/mol. The Labute approximate surface area is 140 Å². The first-order valence-corrected chi connectivity index (χ1v) is 7.78. The fourth-order valence-corrected chi connectivity index (χ4v) is 3.12. The topological polar surface area (TPSA) is 122 Å². The van der Waals surface area contributed by atoms with Gasteiger partial charge in [-0.05, 0) is 17.5 Å². The number of aliphatic hydroxyl groups excluding tert-OH is 2. The number of hydrogen-bond acceptors (Lipinski definition) is 6. The van der Waals surface area contributed by atoms with Crippen molar-refractivity contribution < 1.29 is 14.9 Å². The quantitative estimate of drug-likeness (QED) is 0.572. The predicted molar refractivity (Wildman–Crippen MR) is 87.0 cm³/mol. The van der Waals surface area contributed by atoms with E-state index in [-0.39, 0.29) is 0 Å². The van der Waals surface area contributed by atoms with Crippen molar-refractivity contribution in [3.05, 3.63) is 63.6 Å².